The number of aliphatic carboxylic acids is 2. The molecule has 0 radical (unpaired) electrons. The van der Waals surface area contributed by atoms with Gasteiger partial charge in [0.15, 0.2) is 5.96 Å². The highest BCUT2D eigenvalue weighted by atomic mass is 16.4. The topological polar surface area (TPSA) is 447 Å². The average Bonchev–Trinajstić information content (AvgIpc) is 3.72. The predicted octanol–water partition coefficient (Wildman–Crippen LogP) is -7.87. The molecule has 17 N–H and O–H groups in total. The Hall–Kier alpha value is -7.13. The smallest absolute Gasteiger partial charge is 0.326 e. The summed E-state index contributed by atoms with van der Waals surface area (Å²) in [6.07, 6.45) is -0.0909. The molecule has 28 nitrogen and oxygen atoms in total. The Bertz CT molecular complexity index is 1770. The molecule has 0 aromatic carbocycles. The molecule has 1 aliphatic heterocycles. The van der Waals surface area contributed by atoms with Gasteiger partial charge < -0.3 is 80.2 Å². The third-order valence-corrected chi connectivity index (χ3v) is 9.03. The van der Waals surface area contributed by atoms with Crippen molar-refractivity contribution in [1.29, 1.82) is 0 Å². The monoisotopic (exact) mass is 912 g/mol. The number of likely N-dealkylation sites (tertiary alicyclic amines) is 1. The Kier molecular flexibility index (Phi) is 23.8. The normalized spacial score (nSPS) is 15.3. The van der Waals surface area contributed by atoms with Crippen molar-refractivity contribution in [3.05, 3.63) is 0 Å². The summed E-state index contributed by atoms with van der Waals surface area (Å²) in [5.74, 6) is -11.4. The standard InChI is InChI=1S/C36H60N14O14/c1-17(2)29(49-31(59)19(4)46-30(58)18(3)37)34(62)50-10-6-8-22(50)33(61)45-14-25(53)42-12-23(51)41-13-24(52)43-15-26(54)47-20(7-5-9-40-36(38)39)32(60)44-16-27(55)48-21(35(63)64)11-28(56)57/h17-22,29H,5-16,37H2,1-4H3,(H,41,51)(H,42,53)(H,43,52)(H,44,60)(H,45,61)(H,46,58)(H,47,54)(H,48,55)(H,49,59)(H,56,57)(H,63,64)(H4,38,39,40)/t18-,19-,20-,21-,22-,29-/m0/s1. The Balaban J connectivity index is 2.60. The van der Waals surface area contributed by atoms with Gasteiger partial charge in [0.1, 0.15) is 30.2 Å². The van der Waals surface area contributed by atoms with Crippen LogP contribution in [0.4, 0.5) is 0 Å². The summed E-state index contributed by atoms with van der Waals surface area (Å²) in [7, 11) is 0. The summed E-state index contributed by atoms with van der Waals surface area (Å²) in [5, 5.41) is 38.6. The number of rotatable bonds is 27. The Labute approximate surface area is 367 Å². The van der Waals surface area contributed by atoms with E-state index in [0.29, 0.717) is 6.42 Å². The molecule has 64 heavy (non-hydrogen) atoms. The summed E-state index contributed by atoms with van der Waals surface area (Å²) in [5.41, 5.74) is 16.1. The quantitative estimate of drug-likeness (QED) is 0.0207. The van der Waals surface area contributed by atoms with Gasteiger partial charge in [-0.25, -0.2) is 4.79 Å². The lowest BCUT2D eigenvalue weighted by Gasteiger charge is -2.31. The number of nitrogens with zero attached hydrogens (tertiary/aromatic N) is 2. The number of aliphatic imine (C=N–C) groups is 1. The van der Waals surface area contributed by atoms with Crippen LogP contribution in [-0.4, -0.2) is 174 Å². The highest BCUT2D eigenvalue weighted by Crippen LogP contribution is 2.20. The first-order valence-corrected chi connectivity index (χ1v) is 20.0. The highest BCUT2D eigenvalue weighted by molar-refractivity contribution is 5.97. The molecule has 0 aromatic rings. The van der Waals surface area contributed by atoms with Crippen LogP contribution in [0.15, 0.2) is 4.99 Å². The van der Waals surface area contributed by atoms with E-state index >= 15 is 0 Å². The van der Waals surface area contributed by atoms with Gasteiger partial charge in [-0.3, -0.25) is 57.7 Å². The summed E-state index contributed by atoms with van der Waals surface area (Å²) in [6, 6.07) is -6.92. The zero-order valence-corrected chi connectivity index (χ0v) is 35.9. The molecule has 358 valence electrons. The van der Waals surface area contributed by atoms with Gasteiger partial charge in [0.05, 0.1) is 45.2 Å². The number of amides is 10. The molecule has 1 aliphatic rings. The Morgan fingerprint density at radius 2 is 1.17 bits per heavy atom. The second-order valence-electron chi connectivity index (χ2n) is 14.8. The fraction of sp³-hybridized carbons (Fsp3) is 0.639. The van der Waals surface area contributed by atoms with Crippen LogP contribution in [0.1, 0.15) is 59.8 Å². The highest BCUT2D eigenvalue weighted by Gasteiger charge is 2.39. The third-order valence-electron chi connectivity index (χ3n) is 9.03. The summed E-state index contributed by atoms with van der Waals surface area (Å²) in [4.78, 5) is 153. The van der Waals surface area contributed by atoms with Crippen LogP contribution >= 0.6 is 0 Å². The van der Waals surface area contributed by atoms with E-state index in [-0.39, 0.29) is 38.3 Å². The van der Waals surface area contributed by atoms with Crippen LogP contribution in [0.25, 0.3) is 0 Å². The molecule has 1 heterocycles. The van der Waals surface area contributed by atoms with Crippen molar-refractivity contribution in [1.82, 2.24) is 52.8 Å². The Morgan fingerprint density at radius 1 is 0.656 bits per heavy atom. The molecule has 0 aliphatic carbocycles. The van der Waals surface area contributed by atoms with Gasteiger partial charge >= 0.3 is 11.9 Å². The zero-order valence-electron chi connectivity index (χ0n) is 35.9. The number of carbonyl (C=O) groups is 12. The lowest BCUT2D eigenvalue weighted by Crippen LogP contribution is -2.58. The maximum absolute atomic E-state index is 13.5. The lowest BCUT2D eigenvalue weighted by molar-refractivity contribution is -0.147. The maximum atomic E-state index is 13.5. The number of carboxylic acids is 2. The molecular weight excluding hydrogens is 852 g/mol. The van der Waals surface area contributed by atoms with Crippen LogP contribution in [0.3, 0.4) is 0 Å². The molecule has 6 atom stereocenters. The number of guanidine groups is 1. The van der Waals surface area contributed by atoms with Crippen molar-refractivity contribution in [2.75, 3.05) is 45.8 Å². The molecule has 28 heteroatoms. The van der Waals surface area contributed by atoms with Crippen LogP contribution in [0.5, 0.6) is 0 Å². The van der Waals surface area contributed by atoms with Crippen LogP contribution < -0.4 is 65.1 Å². The van der Waals surface area contributed by atoms with Crippen LogP contribution in [0, 0.1) is 5.92 Å². The minimum absolute atomic E-state index is 0.0496. The summed E-state index contributed by atoms with van der Waals surface area (Å²) in [6.45, 7) is 3.25. The van der Waals surface area contributed by atoms with E-state index in [0.717, 1.165) is 0 Å². The molecule has 0 saturated carbocycles. The molecule has 1 rings (SSSR count). The third kappa shape index (κ3) is 21.1. The first-order chi connectivity index (χ1) is 29.9. The van der Waals surface area contributed by atoms with E-state index in [2.05, 4.69) is 47.5 Å². The van der Waals surface area contributed by atoms with E-state index in [9.17, 15) is 57.5 Å². The summed E-state index contributed by atoms with van der Waals surface area (Å²) >= 11 is 0. The molecule has 0 bridgehead atoms. The number of nitrogens with two attached hydrogens (primary N) is 3. The number of hydrogen-bond acceptors (Lipinski definition) is 14. The largest absolute Gasteiger partial charge is 0.481 e. The minimum atomic E-state index is -1.77. The molecule has 1 fully saturated rings. The first kappa shape index (κ1) is 54.9. The first-order valence-electron chi connectivity index (χ1n) is 20.0. The van der Waals surface area contributed by atoms with Crippen molar-refractivity contribution in [2.24, 2.45) is 28.1 Å². The fourth-order valence-electron chi connectivity index (χ4n) is 5.62. The number of carboxylic acid groups (broad SMARTS) is 2. The van der Waals surface area contributed by atoms with Crippen molar-refractivity contribution < 1.29 is 67.7 Å². The molecule has 0 spiro atoms. The lowest BCUT2D eigenvalue weighted by atomic mass is 10.0. The number of carbonyl (C=O) groups excluding carboxylic acids is 10. The van der Waals surface area contributed by atoms with Gasteiger partial charge in [-0.05, 0) is 45.4 Å². The maximum Gasteiger partial charge on any atom is 0.326 e. The predicted molar refractivity (Wildman–Crippen MR) is 221 cm³/mol. The molecule has 10 amide bonds. The summed E-state index contributed by atoms with van der Waals surface area (Å²) < 4.78 is 0. The molecule has 0 unspecified atom stereocenters. The van der Waals surface area contributed by atoms with E-state index in [1.807, 2.05) is 5.32 Å². The second kappa shape index (κ2) is 27.7. The zero-order chi connectivity index (χ0) is 48.7. The second-order valence-corrected chi connectivity index (χ2v) is 14.8. The van der Waals surface area contributed by atoms with E-state index in [1.165, 1.54) is 18.7 Å². The molecule has 0 aromatic heterocycles. The molecular formula is C36H60N14O14. The minimum Gasteiger partial charge on any atom is -0.481 e. The van der Waals surface area contributed by atoms with Gasteiger partial charge in [-0.15, -0.1) is 0 Å². The number of hydrogen-bond donors (Lipinski definition) is 14. The van der Waals surface area contributed by atoms with Crippen LogP contribution in [-0.2, 0) is 57.5 Å². The van der Waals surface area contributed by atoms with Gasteiger partial charge in [0.25, 0.3) is 0 Å². The fourth-order valence-corrected chi connectivity index (χ4v) is 5.62. The average molecular weight is 913 g/mol. The van der Waals surface area contributed by atoms with Crippen molar-refractivity contribution in [3.8, 4) is 0 Å². The van der Waals surface area contributed by atoms with Gasteiger partial charge in [0.2, 0.25) is 59.1 Å². The van der Waals surface area contributed by atoms with E-state index < -0.39 is 152 Å². The Morgan fingerprint density at radius 3 is 1.67 bits per heavy atom. The molecule has 1 saturated heterocycles. The van der Waals surface area contributed by atoms with Gasteiger partial charge in [0, 0.05) is 13.1 Å². The van der Waals surface area contributed by atoms with Crippen LogP contribution in [0.2, 0.25) is 0 Å². The van der Waals surface area contributed by atoms with Gasteiger partial charge in [-0.1, -0.05) is 13.8 Å². The van der Waals surface area contributed by atoms with Crippen molar-refractivity contribution in [2.45, 2.75) is 96.1 Å². The van der Waals surface area contributed by atoms with Crippen molar-refractivity contribution in [3.63, 3.8) is 0 Å². The SMILES string of the molecule is CC(C)[C@H](NC(=O)[C@H](C)NC(=O)[C@H](C)N)C(=O)N1CCC[C@H]1C(=O)NCC(=O)NCC(=O)NCC(=O)NCC(=O)N[C@@H](CCCN=C(N)N)C(=O)NCC(=O)N[C@@H](CC(=O)O)C(=O)O. The van der Waals surface area contributed by atoms with Crippen molar-refractivity contribution >= 4 is 77.0 Å². The van der Waals surface area contributed by atoms with E-state index in [1.54, 1.807) is 13.8 Å². The van der Waals surface area contributed by atoms with Gasteiger partial charge in [-0.2, -0.15) is 0 Å². The van der Waals surface area contributed by atoms with E-state index in [4.69, 9.17) is 27.4 Å². The number of nitrogens with one attached hydrogen (secondary N) is 9.